The first-order chi connectivity index (χ1) is 8.88. The van der Waals surface area contributed by atoms with Gasteiger partial charge in [-0.25, -0.2) is 14.6 Å². The summed E-state index contributed by atoms with van der Waals surface area (Å²) in [5.74, 6) is -1.06. The van der Waals surface area contributed by atoms with Crippen molar-refractivity contribution in [3.8, 4) is 0 Å². The highest BCUT2D eigenvalue weighted by Gasteiger charge is 2.11. The average molecular weight is 286 g/mol. The maximum Gasteiger partial charge on any atom is 0.355 e. The lowest BCUT2D eigenvalue weighted by Crippen LogP contribution is -2.44. The summed E-state index contributed by atoms with van der Waals surface area (Å²) >= 11 is 1.21. The first kappa shape index (κ1) is 15.4. The zero-order valence-corrected chi connectivity index (χ0v) is 12.0. The summed E-state index contributed by atoms with van der Waals surface area (Å²) in [6.07, 6.45) is 0. The van der Waals surface area contributed by atoms with Crippen molar-refractivity contribution in [3.63, 3.8) is 0 Å². The van der Waals surface area contributed by atoms with Crippen LogP contribution in [0.25, 0.3) is 0 Å². The third kappa shape index (κ3) is 5.66. The van der Waals surface area contributed by atoms with E-state index < -0.39 is 5.97 Å². The number of amides is 2. The summed E-state index contributed by atoms with van der Waals surface area (Å²) in [5, 5.41) is 16.2. The van der Waals surface area contributed by atoms with Gasteiger partial charge in [0.25, 0.3) is 0 Å². The van der Waals surface area contributed by atoms with E-state index in [-0.39, 0.29) is 24.3 Å². The van der Waals surface area contributed by atoms with Gasteiger partial charge >= 0.3 is 12.0 Å². The Bertz CT molecular complexity index is 447. The first-order valence-corrected chi connectivity index (χ1v) is 6.63. The molecule has 0 saturated heterocycles. The van der Waals surface area contributed by atoms with Crippen molar-refractivity contribution in [2.24, 2.45) is 0 Å². The molecule has 1 rings (SSSR count). The highest BCUT2D eigenvalue weighted by atomic mass is 32.1. The Labute approximate surface area is 115 Å². The number of urea groups is 1. The third-order valence-corrected chi connectivity index (χ3v) is 3.04. The molecule has 1 atom stereocenters. The van der Waals surface area contributed by atoms with E-state index in [4.69, 9.17) is 5.11 Å². The molecule has 0 fully saturated rings. The number of nitrogens with one attached hydrogen (secondary N) is 2. The first-order valence-electron chi connectivity index (χ1n) is 5.75. The Morgan fingerprint density at radius 3 is 2.74 bits per heavy atom. The second kappa shape index (κ2) is 7.05. The number of carbonyl (C=O) groups excluding carboxylic acids is 1. The Balaban J connectivity index is 2.35. The molecular formula is C11H18N4O3S. The second-order valence-corrected chi connectivity index (χ2v) is 5.36. The quantitative estimate of drug-likeness (QED) is 0.711. The van der Waals surface area contributed by atoms with Crippen LogP contribution in [-0.2, 0) is 6.54 Å². The lowest BCUT2D eigenvalue weighted by molar-refractivity contribution is 0.0691. The molecule has 0 aliphatic rings. The molecule has 0 aliphatic heterocycles. The highest BCUT2D eigenvalue weighted by molar-refractivity contribution is 7.09. The summed E-state index contributed by atoms with van der Waals surface area (Å²) in [7, 11) is 3.86. The number of carboxylic acids is 1. The van der Waals surface area contributed by atoms with Crippen LogP contribution in [-0.4, -0.2) is 53.7 Å². The maximum absolute atomic E-state index is 11.6. The molecule has 0 radical (unpaired) electrons. The minimum Gasteiger partial charge on any atom is -0.476 e. The molecule has 0 spiro atoms. The van der Waals surface area contributed by atoms with Crippen molar-refractivity contribution in [3.05, 3.63) is 16.1 Å². The number of likely N-dealkylation sites (N-methyl/N-ethyl adjacent to an activating group) is 1. The summed E-state index contributed by atoms with van der Waals surface area (Å²) < 4.78 is 0. The second-order valence-electron chi connectivity index (χ2n) is 4.42. The van der Waals surface area contributed by atoms with E-state index in [9.17, 15) is 9.59 Å². The number of hydrogen-bond donors (Lipinski definition) is 3. The lowest BCUT2D eigenvalue weighted by atomic mass is 10.3. The third-order valence-electron chi connectivity index (χ3n) is 2.19. The van der Waals surface area contributed by atoms with E-state index in [1.807, 2.05) is 25.9 Å². The number of carbonyl (C=O) groups is 2. The van der Waals surface area contributed by atoms with Crippen molar-refractivity contribution < 1.29 is 14.7 Å². The minimum absolute atomic E-state index is 0.00295. The molecule has 8 heteroatoms. The smallest absolute Gasteiger partial charge is 0.355 e. The van der Waals surface area contributed by atoms with Crippen molar-refractivity contribution >= 4 is 23.3 Å². The van der Waals surface area contributed by atoms with E-state index in [0.717, 1.165) is 6.54 Å². The number of aromatic nitrogens is 1. The molecule has 7 nitrogen and oxygen atoms in total. The molecule has 0 bridgehead atoms. The van der Waals surface area contributed by atoms with E-state index in [2.05, 4.69) is 15.6 Å². The molecule has 1 heterocycles. The topological polar surface area (TPSA) is 94.6 Å². The van der Waals surface area contributed by atoms with E-state index in [1.54, 1.807) is 0 Å². The number of rotatable bonds is 6. The van der Waals surface area contributed by atoms with Gasteiger partial charge in [-0.15, -0.1) is 11.3 Å². The fraction of sp³-hybridized carbons (Fsp3) is 0.545. The van der Waals surface area contributed by atoms with Crippen LogP contribution in [0.5, 0.6) is 0 Å². The lowest BCUT2D eigenvalue weighted by Gasteiger charge is -2.18. The SMILES string of the molecule is CC(CN(C)C)NC(=O)NCc1nc(C(=O)O)cs1. The molecule has 106 valence electrons. The standard InChI is InChI=1S/C11H18N4O3S/c1-7(5-15(2)3)13-11(18)12-4-9-14-8(6-19-9)10(16)17/h6-7H,4-5H2,1-3H3,(H,16,17)(H2,12,13,18). The van der Waals surface area contributed by atoms with Crippen molar-refractivity contribution in [2.45, 2.75) is 19.5 Å². The summed E-state index contributed by atoms with van der Waals surface area (Å²) in [5.41, 5.74) is 0.00295. The Hall–Kier alpha value is -1.67. The van der Waals surface area contributed by atoms with Gasteiger partial charge in [0.2, 0.25) is 0 Å². The van der Waals surface area contributed by atoms with Crippen molar-refractivity contribution in [1.29, 1.82) is 0 Å². The summed E-state index contributed by atoms with van der Waals surface area (Å²) in [6, 6.07) is -0.262. The molecule has 0 aliphatic carbocycles. The van der Waals surface area contributed by atoms with Gasteiger partial charge in [-0.05, 0) is 21.0 Å². The predicted molar refractivity (Wildman–Crippen MR) is 72.5 cm³/mol. The minimum atomic E-state index is -1.06. The van der Waals surface area contributed by atoms with Crippen LogP contribution in [0, 0.1) is 0 Å². The largest absolute Gasteiger partial charge is 0.476 e. The number of carboxylic acid groups (broad SMARTS) is 1. The number of nitrogens with zero attached hydrogens (tertiary/aromatic N) is 2. The van der Waals surface area contributed by atoms with Crippen LogP contribution in [0.2, 0.25) is 0 Å². The number of aromatic carboxylic acids is 1. The Morgan fingerprint density at radius 1 is 1.53 bits per heavy atom. The normalized spacial score (nSPS) is 12.2. The molecule has 19 heavy (non-hydrogen) atoms. The van der Waals surface area contributed by atoms with Crippen LogP contribution in [0.15, 0.2) is 5.38 Å². The molecule has 2 amide bonds. The predicted octanol–water partition coefficient (Wildman–Crippen LogP) is 0.591. The number of thiazole rings is 1. The average Bonchev–Trinajstić information content (AvgIpc) is 2.73. The van der Waals surface area contributed by atoms with Gasteiger partial charge in [0.1, 0.15) is 5.01 Å². The van der Waals surface area contributed by atoms with Gasteiger partial charge in [-0.1, -0.05) is 0 Å². The monoisotopic (exact) mass is 286 g/mol. The van der Waals surface area contributed by atoms with Gasteiger partial charge in [0, 0.05) is 18.0 Å². The zero-order valence-electron chi connectivity index (χ0n) is 11.1. The molecular weight excluding hydrogens is 268 g/mol. The zero-order chi connectivity index (χ0) is 14.4. The van der Waals surface area contributed by atoms with Crippen molar-refractivity contribution in [1.82, 2.24) is 20.5 Å². The molecule has 1 aromatic heterocycles. The highest BCUT2D eigenvalue weighted by Crippen LogP contribution is 2.09. The van der Waals surface area contributed by atoms with Crippen LogP contribution in [0.4, 0.5) is 4.79 Å². The molecule has 3 N–H and O–H groups in total. The van der Waals surface area contributed by atoms with Gasteiger partial charge in [-0.2, -0.15) is 0 Å². The fourth-order valence-electron chi connectivity index (χ4n) is 1.51. The van der Waals surface area contributed by atoms with Crippen LogP contribution in [0.3, 0.4) is 0 Å². The van der Waals surface area contributed by atoms with E-state index in [0.29, 0.717) is 5.01 Å². The van der Waals surface area contributed by atoms with Gasteiger partial charge in [-0.3, -0.25) is 0 Å². The van der Waals surface area contributed by atoms with Gasteiger partial charge in [0.05, 0.1) is 6.54 Å². The van der Waals surface area contributed by atoms with Gasteiger partial charge in [0.15, 0.2) is 5.69 Å². The van der Waals surface area contributed by atoms with Crippen LogP contribution < -0.4 is 10.6 Å². The Morgan fingerprint density at radius 2 is 2.21 bits per heavy atom. The summed E-state index contributed by atoms with van der Waals surface area (Å²) in [6.45, 7) is 2.87. The maximum atomic E-state index is 11.6. The van der Waals surface area contributed by atoms with Crippen LogP contribution in [0.1, 0.15) is 22.4 Å². The molecule has 0 saturated carbocycles. The Kier molecular flexibility index (Phi) is 5.71. The van der Waals surface area contributed by atoms with Crippen molar-refractivity contribution in [2.75, 3.05) is 20.6 Å². The number of hydrogen-bond acceptors (Lipinski definition) is 5. The van der Waals surface area contributed by atoms with Gasteiger partial charge < -0.3 is 20.6 Å². The van der Waals surface area contributed by atoms with E-state index in [1.165, 1.54) is 16.7 Å². The van der Waals surface area contributed by atoms with Crippen LogP contribution >= 0.6 is 11.3 Å². The molecule has 0 aromatic carbocycles. The fourth-order valence-corrected chi connectivity index (χ4v) is 2.22. The molecule has 1 unspecified atom stereocenters. The van der Waals surface area contributed by atoms with E-state index >= 15 is 0 Å². The molecule has 1 aromatic rings. The summed E-state index contributed by atoms with van der Waals surface area (Å²) in [4.78, 5) is 28.1.